The zero-order valence-corrected chi connectivity index (χ0v) is 25.7. The lowest BCUT2D eigenvalue weighted by atomic mass is 10.0. The lowest BCUT2D eigenvalue weighted by molar-refractivity contribution is 0.0708. The molecule has 2 N–H and O–H groups in total. The maximum absolute atomic E-state index is 13.5. The van der Waals surface area contributed by atoms with Gasteiger partial charge in [0, 0.05) is 66.9 Å². The van der Waals surface area contributed by atoms with Gasteiger partial charge in [-0.15, -0.1) is 11.3 Å². The molecule has 2 aliphatic heterocycles. The van der Waals surface area contributed by atoms with Crippen molar-refractivity contribution in [1.82, 2.24) is 14.5 Å². The summed E-state index contributed by atoms with van der Waals surface area (Å²) in [6.45, 7) is 6.45. The average molecular weight is 588 g/mol. The number of piperidine rings is 2. The molecule has 222 valence electrons. The van der Waals surface area contributed by atoms with E-state index in [1.54, 1.807) is 18.4 Å². The van der Waals surface area contributed by atoms with Crippen molar-refractivity contribution in [2.24, 2.45) is 11.7 Å². The number of likely N-dealkylation sites (tertiary alicyclic amines) is 1. The molecule has 0 radical (unpaired) electrons. The molecule has 1 atom stereocenters. The van der Waals surface area contributed by atoms with Crippen molar-refractivity contribution < 1.29 is 14.3 Å². The van der Waals surface area contributed by atoms with Gasteiger partial charge in [-0.2, -0.15) is 0 Å². The number of hydrogen-bond donors (Lipinski definition) is 1. The summed E-state index contributed by atoms with van der Waals surface area (Å²) in [6, 6.07) is 10.7. The summed E-state index contributed by atoms with van der Waals surface area (Å²) in [5.74, 6) is 2.54. The van der Waals surface area contributed by atoms with Crippen molar-refractivity contribution >= 4 is 44.2 Å². The maximum atomic E-state index is 13.5. The van der Waals surface area contributed by atoms with Crippen molar-refractivity contribution in [2.45, 2.75) is 64.1 Å². The third kappa shape index (κ3) is 5.05. The Balaban J connectivity index is 1.29. The Morgan fingerprint density at radius 3 is 2.60 bits per heavy atom. The van der Waals surface area contributed by atoms with Gasteiger partial charge >= 0.3 is 0 Å². The van der Waals surface area contributed by atoms with Crippen LogP contribution < -0.4 is 15.4 Å². The predicted octanol–water partition coefficient (Wildman–Crippen LogP) is 5.82. The number of aromatic nitrogens is 2. The summed E-state index contributed by atoms with van der Waals surface area (Å²) in [6.07, 6.45) is 6.86. The lowest BCUT2D eigenvalue weighted by Gasteiger charge is -2.32. The number of benzene rings is 1. The molecule has 1 aromatic carbocycles. The van der Waals surface area contributed by atoms with Crippen LogP contribution in [0.3, 0.4) is 0 Å². The summed E-state index contributed by atoms with van der Waals surface area (Å²) in [5.41, 5.74) is 10.3. The number of rotatable bonds is 7. The molecule has 1 aliphatic carbocycles. The summed E-state index contributed by atoms with van der Waals surface area (Å²) in [5, 5.41) is 2.25. The van der Waals surface area contributed by atoms with Gasteiger partial charge in [0.2, 0.25) is 0 Å². The number of nitrogens with zero attached hydrogens (tertiary/aromatic N) is 4. The van der Waals surface area contributed by atoms with Gasteiger partial charge in [-0.3, -0.25) is 4.79 Å². The first kappa shape index (κ1) is 27.7. The number of nitrogens with two attached hydrogens (primary N) is 1. The van der Waals surface area contributed by atoms with E-state index in [1.165, 1.54) is 34.4 Å². The van der Waals surface area contributed by atoms with Gasteiger partial charge in [-0.05, 0) is 87.3 Å². The number of fused-ring (bicyclic) bond motifs is 2. The fraction of sp³-hybridized carbons (Fsp3) is 0.515. The number of pyridine rings is 1. The zero-order valence-electron chi connectivity index (χ0n) is 24.9. The van der Waals surface area contributed by atoms with E-state index in [9.17, 15) is 4.79 Å². The van der Waals surface area contributed by atoms with E-state index in [-0.39, 0.29) is 11.9 Å². The smallest absolute Gasteiger partial charge is 0.254 e. The molecule has 1 unspecified atom stereocenters. The van der Waals surface area contributed by atoms with Crippen LogP contribution in [0, 0.1) is 12.8 Å². The van der Waals surface area contributed by atoms with Crippen LogP contribution in [0.4, 0.5) is 5.82 Å². The molecule has 1 amide bonds. The molecule has 5 heterocycles. The van der Waals surface area contributed by atoms with Crippen LogP contribution in [0.1, 0.15) is 54.4 Å². The van der Waals surface area contributed by atoms with Crippen LogP contribution in [0.15, 0.2) is 30.3 Å². The summed E-state index contributed by atoms with van der Waals surface area (Å²) in [4.78, 5) is 24.3. The van der Waals surface area contributed by atoms with Crippen LogP contribution in [0.25, 0.3) is 31.7 Å². The first-order chi connectivity index (χ1) is 20.4. The highest BCUT2D eigenvalue weighted by Crippen LogP contribution is 2.45. The quantitative estimate of drug-likeness (QED) is 0.293. The Labute approximate surface area is 251 Å². The molecule has 0 bridgehead atoms. The van der Waals surface area contributed by atoms with E-state index in [0.29, 0.717) is 24.1 Å². The number of carbonyl (C=O) groups excluding carboxylic acids is 1. The van der Waals surface area contributed by atoms with Gasteiger partial charge in [0.25, 0.3) is 5.91 Å². The minimum atomic E-state index is 0.0343. The topological polar surface area (TPSA) is 85.8 Å². The Morgan fingerprint density at radius 1 is 1.07 bits per heavy atom. The zero-order chi connectivity index (χ0) is 29.0. The minimum absolute atomic E-state index is 0.0343. The Morgan fingerprint density at radius 2 is 1.88 bits per heavy atom. The third-order valence-corrected chi connectivity index (χ3v) is 10.7. The van der Waals surface area contributed by atoms with Gasteiger partial charge < -0.3 is 29.6 Å². The molecular weight excluding hydrogens is 546 g/mol. The van der Waals surface area contributed by atoms with Gasteiger partial charge in [-0.25, -0.2) is 4.98 Å². The van der Waals surface area contributed by atoms with Crippen LogP contribution in [0.2, 0.25) is 0 Å². The number of thiophene rings is 1. The van der Waals surface area contributed by atoms with E-state index in [1.807, 2.05) is 18.1 Å². The molecule has 2 saturated heterocycles. The lowest BCUT2D eigenvalue weighted by Crippen LogP contribution is -2.45. The Bertz CT molecular complexity index is 1630. The number of methoxy groups -OCH3 is 2. The van der Waals surface area contributed by atoms with Crippen LogP contribution in [-0.2, 0) is 11.3 Å². The van der Waals surface area contributed by atoms with E-state index < -0.39 is 0 Å². The Hall–Kier alpha value is -3.14. The van der Waals surface area contributed by atoms with Crippen LogP contribution in [-0.4, -0.2) is 72.9 Å². The van der Waals surface area contributed by atoms with Crippen molar-refractivity contribution in [3.8, 4) is 16.3 Å². The van der Waals surface area contributed by atoms with E-state index in [2.05, 4.69) is 40.7 Å². The third-order valence-electron chi connectivity index (χ3n) is 9.40. The van der Waals surface area contributed by atoms with Crippen molar-refractivity contribution in [3.63, 3.8) is 0 Å². The second-order valence-corrected chi connectivity index (χ2v) is 13.4. The Kier molecular flexibility index (Phi) is 7.36. The molecule has 9 heteroatoms. The molecular formula is C33H41N5O3S. The van der Waals surface area contributed by atoms with Crippen molar-refractivity contribution in [3.05, 3.63) is 41.5 Å². The number of aryl methyl sites for hydroxylation is 1. The predicted molar refractivity (Wildman–Crippen MR) is 170 cm³/mol. The van der Waals surface area contributed by atoms with Crippen LogP contribution >= 0.6 is 11.3 Å². The molecule has 4 aromatic rings. The largest absolute Gasteiger partial charge is 0.496 e. The molecule has 3 aromatic heterocycles. The highest BCUT2D eigenvalue weighted by atomic mass is 32.1. The molecule has 1 saturated carbocycles. The first-order valence-corrected chi connectivity index (χ1v) is 16.2. The van der Waals surface area contributed by atoms with E-state index >= 15 is 0 Å². The molecule has 42 heavy (non-hydrogen) atoms. The average Bonchev–Trinajstić information content (AvgIpc) is 3.69. The highest BCUT2D eigenvalue weighted by Gasteiger charge is 2.28. The van der Waals surface area contributed by atoms with Crippen molar-refractivity contribution in [2.75, 3.05) is 45.3 Å². The molecule has 0 spiro atoms. The second kappa shape index (κ2) is 11.2. The fourth-order valence-electron chi connectivity index (χ4n) is 6.79. The number of anilines is 1. The van der Waals surface area contributed by atoms with Gasteiger partial charge in [0.15, 0.2) is 0 Å². The second-order valence-electron chi connectivity index (χ2n) is 12.3. The van der Waals surface area contributed by atoms with Gasteiger partial charge in [0.1, 0.15) is 17.2 Å². The van der Waals surface area contributed by atoms with E-state index in [0.717, 1.165) is 79.2 Å². The van der Waals surface area contributed by atoms with E-state index in [4.69, 9.17) is 20.2 Å². The van der Waals surface area contributed by atoms with Crippen molar-refractivity contribution in [1.29, 1.82) is 0 Å². The van der Waals surface area contributed by atoms with Gasteiger partial charge in [0.05, 0.1) is 23.8 Å². The summed E-state index contributed by atoms with van der Waals surface area (Å²) < 4.78 is 15.0. The number of hydrogen-bond acceptors (Lipinski definition) is 7. The SMILES string of the molecule is COc1cc(C(=O)N2CCCC(N)C2)cc2sc(-c3cc4ccc(N5CCC(OC)CC5)nc4n3CC3CC3)c(C)c12. The number of ether oxygens (including phenoxy) is 2. The van der Waals surface area contributed by atoms with Gasteiger partial charge in [-0.1, -0.05) is 0 Å². The highest BCUT2D eigenvalue weighted by molar-refractivity contribution is 7.22. The summed E-state index contributed by atoms with van der Waals surface area (Å²) >= 11 is 1.75. The molecule has 8 nitrogen and oxygen atoms in total. The minimum Gasteiger partial charge on any atom is -0.496 e. The standard InChI is InChI=1S/C33H41N5O3S/c1-20-30-27(41-3)16-23(33(39)37-12-4-5-24(34)19-37)17-28(30)42-31(20)26-15-22-8-9-29(36-13-10-25(40-2)11-14-36)35-32(22)38(26)18-21-6-7-21/h8-9,15-17,21,24-25H,4-7,10-14,18-19,34H2,1-3H3. The van der Waals surface area contributed by atoms with Crippen LogP contribution in [0.5, 0.6) is 5.75 Å². The normalized spacial score (nSPS) is 20.1. The first-order valence-electron chi connectivity index (χ1n) is 15.4. The molecule has 3 fully saturated rings. The monoisotopic (exact) mass is 587 g/mol. The number of amides is 1. The molecule has 3 aliphatic rings. The maximum Gasteiger partial charge on any atom is 0.254 e. The fourth-order valence-corrected chi connectivity index (χ4v) is 8.08. The molecule has 7 rings (SSSR count). The summed E-state index contributed by atoms with van der Waals surface area (Å²) in [7, 11) is 3.51. The number of carbonyl (C=O) groups is 1.